The highest BCUT2D eigenvalue weighted by molar-refractivity contribution is 14.0. The van der Waals surface area contributed by atoms with Crippen LogP contribution >= 0.6 is 35.6 Å². The Hall–Kier alpha value is -0.540. The number of nitrogens with one attached hydrogen (secondary N) is 2. The molecule has 22 heavy (non-hydrogen) atoms. The van der Waals surface area contributed by atoms with Crippen LogP contribution in [0.2, 0.25) is 5.02 Å². The number of sulfone groups is 1. The lowest BCUT2D eigenvalue weighted by atomic mass is 10.1. The molecule has 0 spiro atoms. The fraction of sp³-hybridized carbons (Fsp3) is 0.500. The standard InChI is InChI=1S/C14H22ClN3O2S.HI/c1-3-16-14(18-9-10-21(2,19)20)17-8-7-12-5-4-6-13(15)11-12;/h4-6,11H,3,7-10H2,1-2H3,(H2,16,17,18);1H. The Labute approximate surface area is 154 Å². The zero-order valence-electron chi connectivity index (χ0n) is 12.8. The third-order valence-electron chi connectivity index (χ3n) is 2.67. The molecular formula is C14H23ClIN3O2S. The van der Waals surface area contributed by atoms with E-state index in [0.29, 0.717) is 12.5 Å². The Morgan fingerprint density at radius 3 is 2.64 bits per heavy atom. The highest BCUT2D eigenvalue weighted by atomic mass is 127. The van der Waals surface area contributed by atoms with Gasteiger partial charge in [0.1, 0.15) is 9.84 Å². The van der Waals surface area contributed by atoms with Crippen LogP contribution in [0.3, 0.4) is 0 Å². The van der Waals surface area contributed by atoms with E-state index in [1.165, 1.54) is 6.26 Å². The van der Waals surface area contributed by atoms with Crippen LogP contribution < -0.4 is 10.6 Å². The molecule has 0 fully saturated rings. The average Bonchev–Trinajstić information content (AvgIpc) is 2.37. The van der Waals surface area contributed by atoms with Gasteiger partial charge in [0.2, 0.25) is 0 Å². The third kappa shape index (κ3) is 10.2. The lowest BCUT2D eigenvalue weighted by Gasteiger charge is -2.11. The highest BCUT2D eigenvalue weighted by Gasteiger charge is 2.02. The maximum atomic E-state index is 11.1. The Bertz CT molecular complexity index is 579. The summed E-state index contributed by atoms with van der Waals surface area (Å²) in [7, 11) is -2.98. The van der Waals surface area contributed by atoms with Crippen LogP contribution in [0.25, 0.3) is 0 Å². The molecule has 126 valence electrons. The van der Waals surface area contributed by atoms with Crippen molar-refractivity contribution in [3.05, 3.63) is 34.9 Å². The molecule has 8 heteroatoms. The minimum absolute atomic E-state index is 0. The molecule has 5 nitrogen and oxygen atoms in total. The van der Waals surface area contributed by atoms with Gasteiger partial charge in [0.05, 0.1) is 12.3 Å². The van der Waals surface area contributed by atoms with Gasteiger partial charge < -0.3 is 10.6 Å². The van der Waals surface area contributed by atoms with Gasteiger partial charge in [0.15, 0.2) is 5.96 Å². The van der Waals surface area contributed by atoms with Gasteiger partial charge in [-0.05, 0) is 31.0 Å². The fourth-order valence-corrected chi connectivity index (χ4v) is 2.32. The highest BCUT2D eigenvalue weighted by Crippen LogP contribution is 2.10. The molecule has 0 bridgehead atoms. The molecule has 0 saturated heterocycles. The Morgan fingerprint density at radius 1 is 1.32 bits per heavy atom. The normalized spacial score (nSPS) is 11.7. The quantitative estimate of drug-likeness (QED) is 0.372. The number of hydrogen-bond donors (Lipinski definition) is 2. The van der Waals surface area contributed by atoms with Crippen molar-refractivity contribution >= 4 is 51.4 Å². The summed E-state index contributed by atoms with van der Waals surface area (Å²) in [5, 5.41) is 6.98. The van der Waals surface area contributed by atoms with Crippen LogP contribution in [0.1, 0.15) is 12.5 Å². The number of rotatable bonds is 7. The molecule has 0 unspecified atom stereocenters. The van der Waals surface area contributed by atoms with Crippen molar-refractivity contribution < 1.29 is 8.42 Å². The molecule has 2 N–H and O–H groups in total. The van der Waals surface area contributed by atoms with Gasteiger partial charge in [-0.2, -0.15) is 0 Å². The Morgan fingerprint density at radius 2 is 2.05 bits per heavy atom. The van der Waals surface area contributed by atoms with E-state index >= 15 is 0 Å². The molecule has 0 aliphatic rings. The van der Waals surface area contributed by atoms with Gasteiger partial charge in [-0.25, -0.2) is 8.42 Å². The van der Waals surface area contributed by atoms with Crippen molar-refractivity contribution in [1.29, 1.82) is 0 Å². The van der Waals surface area contributed by atoms with Crippen molar-refractivity contribution in [1.82, 2.24) is 10.6 Å². The first-order chi connectivity index (χ1) is 9.90. The first-order valence-corrected chi connectivity index (χ1v) is 9.29. The predicted octanol–water partition coefficient (Wildman–Crippen LogP) is 2.10. The number of benzene rings is 1. The van der Waals surface area contributed by atoms with E-state index in [-0.39, 0.29) is 36.3 Å². The summed E-state index contributed by atoms with van der Waals surface area (Å²) in [5.41, 5.74) is 1.14. The number of hydrogen-bond acceptors (Lipinski definition) is 3. The minimum atomic E-state index is -2.98. The number of guanidine groups is 1. The minimum Gasteiger partial charge on any atom is -0.357 e. The molecule has 0 atom stereocenters. The molecule has 0 radical (unpaired) electrons. The van der Waals surface area contributed by atoms with Crippen LogP contribution in [0, 0.1) is 0 Å². The van der Waals surface area contributed by atoms with Crippen molar-refractivity contribution in [2.75, 3.05) is 31.6 Å². The van der Waals surface area contributed by atoms with Gasteiger partial charge >= 0.3 is 0 Å². The summed E-state index contributed by atoms with van der Waals surface area (Å²) in [6.07, 6.45) is 2.03. The van der Waals surface area contributed by atoms with E-state index < -0.39 is 9.84 Å². The van der Waals surface area contributed by atoms with Crippen molar-refractivity contribution in [2.45, 2.75) is 13.3 Å². The summed E-state index contributed by atoms with van der Waals surface area (Å²) < 4.78 is 22.2. The van der Waals surface area contributed by atoms with E-state index in [1.54, 1.807) is 0 Å². The number of halogens is 2. The number of nitrogens with zero attached hydrogens (tertiary/aromatic N) is 1. The maximum Gasteiger partial charge on any atom is 0.191 e. The first-order valence-electron chi connectivity index (χ1n) is 6.85. The third-order valence-corrected chi connectivity index (χ3v) is 3.83. The van der Waals surface area contributed by atoms with Crippen LogP contribution in [-0.4, -0.2) is 46.0 Å². The van der Waals surface area contributed by atoms with Gasteiger partial charge in [0.25, 0.3) is 0 Å². The van der Waals surface area contributed by atoms with E-state index in [0.717, 1.165) is 23.6 Å². The molecule has 0 heterocycles. The summed E-state index contributed by atoms with van der Waals surface area (Å²) in [6, 6.07) is 7.70. The second-order valence-corrected chi connectivity index (χ2v) is 7.39. The van der Waals surface area contributed by atoms with E-state index in [9.17, 15) is 8.42 Å². The lowest BCUT2D eigenvalue weighted by Crippen LogP contribution is -2.38. The Balaban J connectivity index is 0.00000441. The molecule has 0 aliphatic carbocycles. The smallest absolute Gasteiger partial charge is 0.191 e. The van der Waals surface area contributed by atoms with Crippen LogP contribution in [-0.2, 0) is 16.3 Å². The van der Waals surface area contributed by atoms with E-state index in [4.69, 9.17) is 11.6 Å². The second kappa shape index (κ2) is 11.1. The molecule has 1 rings (SSSR count). The van der Waals surface area contributed by atoms with Gasteiger partial charge in [-0.1, -0.05) is 23.7 Å². The molecule has 0 aromatic heterocycles. The van der Waals surface area contributed by atoms with Gasteiger partial charge in [-0.15, -0.1) is 24.0 Å². The van der Waals surface area contributed by atoms with Crippen LogP contribution in [0.5, 0.6) is 0 Å². The Kier molecular flexibility index (Phi) is 10.8. The monoisotopic (exact) mass is 459 g/mol. The van der Waals surface area contributed by atoms with Crippen molar-refractivity contribution in [3.63, 3.8) is 0 Å². The predicted molar refractivity (Wildman–Crippen MR) is 104 cm³/mol. The van der Waals surface area contributed by atoms with Gasteiger partial charge in [0, 0.05) is 24.4 Å². The largest absolute Gasteiger partial charge is 0.357 e. The van der Waals surface area contributed by atoms with E-state index in [2.05, 4.69) is 15.6 Å². The summed E-state index contributed by atoms with van der Waals surface area (Å²) in [4.78, 5) is 4.24. The van der Waals surface area contributed by atoms with Crippen LogP contribution in [0.15, 0.2) is 29.3 Å². The molecule has 1 aromatic carbocycles. The zero-order chi connectivity index (χ0) is 15.7. The molecule has 0 amide bonds. The van der Waals surface area contributed by atoms with Gasteiger partial charge in [-0.3, -0.25) is 4.99 Å². The fourth-order valence-electron chi connectivity index (χ4n) is 1.68. The zero-order valence-corrected chi connectivity index (χ0v) is 16.7. The lowest BCUT2D eigenvalue weighted by molar-refractivity contribution is 0.601. The average molecular weight is 460 g/mol. The first kappa shape index (κ1) is 21.5. The van der Waals surface area contributed by atoms with Crippen LogP contribution in [0.4, 0.5) is 0 Å². The van der Waals surface area contributed by atoms with E-state index in [1.807, 2.05) is 31.2 Å². The molecular weight excluding hydrogens is 437 g/mol. The van der Waals surface area contributed by atoms with Crippen molar-refractivity contribution in [3.8, 4) is 0 Å². The SMILES string of the molecule is CCNC(=NCCS(C)(=O)=O)NCCc1cccc(Cl)c1.I. The summed E-state index contributed by atoms with van der Waals surface area (Å²) in [6.45, 7) is 3.64. The summed E-state index contributed by atoms with van der Waals surface area (Å²) in [5.74, 6) is 0.681. The molecule has 0 saturated carbocycles. The molecule has 1 aromatic rings. The summed E-state index contributed by atoms with van der Waals surface area (Å²) >= 11 is 5.93. The molecule has 0 aliphatic heterocycles. The number of aliphatic imine (C=N–C) groups is 1. The van der Waals surface area contributed by atoms with Crippen molar-refractivity contribution in [2.24, 2.45) is 4.99 Å². The maximum absolute atomic E-state index is 11.1. The second-order valence-electron chi connectivity index (χ2n) is 4.70. The topological polar surface area (TPSA) is 70.6 Å².